The molecule has 1 heteroatoms. The van der Waals surface area contributed by atoms with Crippen LogP contribution in [0.3, 0.4) is 0 Å². The van der Waals surface area contributed by atoms with E-state index in [9.17, 15) is 0 Å². The van der Waals surface area contributed by atoms with Crippen LogP contribution in [-0.4, -0.2) is 0 Å². The average Bonchev–Trinajstić information content (AvgIpc) is 2.03. The molecule has 0 fully saturated rings. The Hall–Kier alpha value is -0.230. The van der Waals surface area contributed by atoms with Gasteiger partial charge in [0.15, 0.2) is 0 Å². The van der Waals surface area contributed by atoms with Crippen molar-refractivity contribution < 1.29 is 0 Å². The smallest absolute Gasteiger partial charge is 0.0218 e. The van der Waals surface area contributed by atoms with E-state index in [-0.39, 0.29) is 0 Å². The minimum absolute atomic E-state index is 0.619. The molecule has 0 aromatic heterocycles. The lowest BCUT2D eigenvalue weighted by Gasteiger charge is -2.20. The summed E-state index contributed by atoms with van der Waals surface area (Å²) in [4.78, 5) is 0. The van der Waals surface area contributed by atoms with Gasteiger partial charge in [-0.15, -0.1) is 0 Å². The summed E-state index contributed by atoms with van der Waals surface area (Å²) in [7, 11) is 0. The molecule has 0 aromatic carbocycles. The molecule has 0 atom stereocenters. The second-order valence-corrected chi connectivity index (χ2v) is 4.05. The molecule has 0 heterocycles. The van der Waals surface area contributed by atoms with Gasteiger partial charge in [0.1, 0.15) is 0 Å². The molecule has 0 aromatic rings. The predicted octanol–water partition coefficient (Wildman–Crippen LogP) is 4.27. The first-order valence-corrected chi connectivity index (χ1v) is 5.12. The van der Waals surface area contributed by atoms with E-state index in [0.717, 1.165) is 24.3 Å². The van der Waals surface area contributed by atoms with Crippen molar-refractivity contribution in [2.45, 2.75) is 40.0 Å². The van der Waals surface area contributed by atoms with Gasteiger partial charge in [0.25, 0.3) is 0 Å². The lowest BCUT2D eigenvalue weighted by Crippen LogP contribution is -2.03. The number of halogens is 1. The van der Waals surface area contributed by atoms with Crippen molar-refractivity contribution in [3.8, 4) is 0 Å². The standard InChI is InChI=1S/C11H17Cl/c1-4-9-10(8(2)3)6-5-7-11(9)12/h6,8H,4-5,7H2,1-3H3. The summed E-state index contributed by atoms with van der Waals surface area (Å²) in [6.07, 6.45) is 5.58. The highest BCUT2D eigenvalue weighted by Crippen LogP contribution is 2.33. The number of allylic oxidation sites excluding steroid dienone is 4. The van der Waals surface area contributed by atoms with Gasteiger partial charge >= 0.3 is 0 Å². The zero-order chi connectivity index (χ0) is 9.14. The Morgan fingerprint density at radius 2 is 2.17 bits per heavy atom. The summed E-state index contributed by atoms with van der Waals surface area (Å²) in [6.45, 7) is 6.65. The molecule has 0 saturated carbocycles. The third-order valence-electron chi connectivity index (χ3n) is 2.38. The van der Waals surface area contributed by atoms with Crippen LogP contribution in [0.2, 0.25) is 0 Å². The van der Waals surface area contributed by atoms with Crippen molar-refractivity contribution in [3.63, 3.8) is 0 Å². The summed E-state index contributed by atoms with van der Waals surface area (Å²) >= 11 is 6.16. The molecule has 0 amide bonds. The SMILES string of the molecule is CCC1=C(Cl)CCC=C1C(C)C. The van der Waals surface area contributed by atoms with Gasteiger partial charge < -0.3 is 0 Å². The quantitative estimate of drug-likeness (QED) is 0.602. The number of rotatable bonds is 2. The summed E-state index contributed by atoms with van der Waals surface area (Å²) in [5.41, 5.74) is 2.85. The molecule has 0 N–H and O–H groups in total. The Kier molecular flexibility index (Phi) is 3.39. The zero-order valence-corrected chi connectivity index (χ0v) is 8.91. The van der Waals surface area contributed by atoms with E-state index in [4.69, 9.17) is 11.6 Å². The second-order valence-electron chi connectivity index (χ2n) is 3.59. The van der Waals surface area contributed by atoms with E-state index in [1.54, 1.807) is 0 Å². The molecule has 12 heavy (non-hydrogen) atoms. The first-order valence-electron chi connectivity index (χ1n) is 4.74. The van der Waals surface area contributed by atoms with E-state index in [1.807, 2.05) is 0 Å². The molecule has 0 nitrogen and oxygen atoms in total. The highest BCUT2D eigenvalue weighted by Gasteiger charge is 2.15. The van der Waals surface area contributed by atoms with Gasteiger partial charge in [-0.1, -0.05) is 38.4 Å². The van der Waals surface area contributed by atoms with E-state index >= 15 is 0 Å². The fourth-order valence-corrected chi connectivity index (χ4v) is 2.12. The lowest BCUT2D eigenvalue weighted by atomic mass is 9.88. The molecule has 0 saturated heterocycles. The van der Waals surface area contributed by atoms with Crippen molar-refractivity contribution >= 4 is 11.6 Å². The Morgan fingerprint density at radius 1 is 1.50 bits per heavy atom. The Labute approximate surface area is 80.3 Å². The normalized spacial score (nSPS) is 18.6. The molecule has 68 valence electrons. The van der Waals surface area contributed by atoms with E-state index in [2.05, 4.69) is 26.8 Å². The summed E-state index contributed by atoms with van der Waals surface area (Å²) in [6, 6.07) is 0. The van der Waals surface area contributed by atoms with Crippen molar-refractivity contribution in [1.29, 1.82) is 0 Å². The van der Waals surface area contributed by atoms with Crippen molar-refractivity contribution in [2.75, 3.05) is 0 Å². The van der Waals surface area contributed by atoms with Crippen LogP contribution >= 0.6 is 11.6 Å². The maximum Gasteiger partial charge on any atom is 0.0218 e. The van der Waals surface area contributed by atoms with Gasteiger partial charge in [-0.3, -0.25) is 0 Å². The topological polar surface area (TPSA) is 0 Å². The van der Waals surface area contributed by atoms with Gasteiger partial charge in [0, 0.05) is 5.03 Å². The third-order valence-corrected chi connectivity index (χ3v) is 2.80. The van der Waals surface area contributed by atoms with E-state index in [0.29, 0.717) is 5.92 Å². The minimum atomic E-state index is 0.619. The van der Waals surface area contributed by atoms with Gasteiger partial charge in [0.2, 0.25) is 0 Å². The monoisotopic (exact) mass is 184 g/mol. The molecule has 0 aliphatic heterocycles. The molecular weight excluding hydrogens is 168 g/mol. The van der Waals surface area contributed by atoms with Crippen molar-refractivity contribution in [3.05, 3.63) is 22.3 Å². The van der Waals surface area contributed by atoms with Crippen molar-refractivity contribution in [2.24, 2.45) is 5.92 Å². The van der Waals surface area contributed by atoms with Gasteiger partial charge in [-0.2, -0.15) is 0 Å². The summed E-state index contributed by atoms with van der Waals surface area (Å²) in [5.74, 6) is 0.619. The fourth-order valence-electron chi connectivity index (χ4n) is 1.77. The van der Waals surface area contributed by atoms with Crippen LogP contribution in [0, 0.1) is 5.92 Å². The van der Waals surface area contributed by atoms with Crippen LogP contribution in [-0.2, 0) is 0 Å². The van der Waals surface area contributed by atoms with Crippen LogP contribution in [0.5, 0.6) is 0 Å². The fraction of sp³-hybridized carbons (Fsp3) is 0.636. The first-order chi connectivity index (χ1) is 5.66. The van der Waals surface area contributed by atoms with Crippen LogP contribution < -0.4 is 0 Å². The highest BCUT2D eigenvalue weighted by molar-refractivity contribution is 6.30. The largest absolute Gasteiger partial charge is 0.0888 e. The maximum absolute atomic E-state index is 6.16. The van der Waals surface area contributed by atoms with Gasteiger partial charge in [-0.05, 0) is 36.3 Å². The molecule has 1 rings (SSSR count). The molecule has 0 radical (unpaired) electrons. The minimum Gasteiger partial charge on any atom is -0.0888 e. The molecule has 0 spiro atoms. The molecule has 0 bridgehead atoms. The third kappa shape index (κ3) is 1.92. The summed E-state index contributed by atoms with van der Waals surface area (Å²) in [5, 5.41) is 1.09. The second kappa shape index (κ2) is 4.13. The predicted molar refractivity (Wildman–Crippen MR) is 55.3 cm³/mol. The maximum atomic E-state index is 6.16. The van der Waals surface area contributed by atoms with Gasteiger partial charge in [0.05, 0.1) is 0 Å². The van der Waals surface area contributed by atoms with Gasteiger partial charge in [-0.25, -0.2) is 0 Å². The van der Waals surface area contributed by atoms with E-state index < -0.39 is 0 Å². The molecule has 1 aliphatic rings. The summed E-state index contributed by atoms with van der Waals surface area (Å²) < 4.78 is 0. The first kappa shape index (κ1) is 9.85. The number of hydrogen-bond donors (Lipinski definition) is 0. The van der Waals surface area contributed by atoms with Crippen molar-refractivity contribution in [1.82, 2.24) is 0 Å². The molecule has 0 unspecified atom stereocenters. The Bertz CT molecular complexity index is 221. The van der Waals surface area contributed by atoms with Crippen LogP contribution in [0.4, 0.5) is 0 Å². The molecular formula is C11H17Cl. The highest BCUT2D eigenvalue weighted by atomic mass is 35.5. The molecule has 1 aliphatic carbocycles. The number of hydrogen-bond acceptors (Lipinski definition) is 0. The average molecular weight is 185 g/mol. The Morgan fingerprint density at radius 3 is 2.58 bits per heavy atom. The lowest BCUT2D eigenvalue weighted by molar-refractivity contribution is 0.741. The zero-order valence-electron chi connectivity index (χ0n) is 8.15. The van der Waals surface area contributed by atoms with E-state index in [1.165, 1.54) is 11.1 Å². The van der Waals surface area contributed by atoms with Crippen LogP contribution in [0.25, 0.3) is 0 Å². The van der Waals surface area contributed by atoms with Crippen LogP contribution in [0.15, 0.2) is 22.3 Å². The van der Waals surface area contributed by atoms with Crippen LogP contribution in [0.1, 0.15) is 40.0 Å². The Balaban J connectivity index is 2.92.